The van der Waals surface area contributed by atoms with Crippen LogP contribution in [0.2, 0.25) is 0 Å². The monoisotopic (exact) mass is 266 g/mol. The van der Waals surface area contributed by atoms with Gasteiger partial charge in [-0.2, -0.15) is 4.98 Å². The average molecular weight is 266 g/mol. The topological polar surface area (TPSA) is 100 Å². The summed E-state index contributed by atoms with van der Waals surface area (Å²) in [6.45, 7) is 4.94. The van der Waals surface area contributed by atoms with Gasteiger partial charge in [0.15, 0.2) is 0 Å². The Morgan fingerprint density at radius 2 is 2.16 bits per heavy atom. The number of nitrogens with one attached hydrogen (secondary N) is 1. The number of anilines is 1. The van der Waals surface area contributed by atoms with Crippen LogP contribution in [0.4, 0.5) is 5.95 Å². The number of hydrogen-bond donors (Lipinski definition) is 2. The molecule has 3 N–H and O–H groups in total. The van der Waals surface area contributed by atoms with E-state index in [1.807, 2.05) is 0 Å². The van der Waals surface area contributed by atoms with Crippen LogP contribution < -0.4 is 5.73 Å². The minimum absolute atomic E-state index is 0.104. The third-order valence-electron chi connectivity index (χ3n) is 3.72. The number of morpholine rings is 1. The molecule has 3 rings (SSSR count). The first-order chi connectivity index (χ1) is 9.24. The highest BCUT2D eigenvalue weighted by Gasteiger charge is 2.32. The SMILES string of the molecule is Nc1n[nH]c(C(=O)N2CCC(N3CCOCC3)C2)n1. The summed E-state index contributed by atoms with van der Waals surface area (Å²) in [6.07, 6.45) is 0.995. The number of nitrogen functional groups attached to an aromatic ring is 1. The van der Waals surface area contributed by atoms with Gasteiger partial charge in [0, 0.05) is 32.2 Å². The summed E-state index contributed by atoms with van der Waals surface area (Å²) in [5.41, 5.74) is 5.41. The number of amides is 1. The van der Waals surface area contributed by atoms with Crippen molar-refractivity contribution < 1.29 is 9.53 Å². The van der Waals surface area contributed by atoms with E-state index in [2.05, 4.69) is 20.1 Å². The third kappa shape index (κ3) is 2.54. The Morgan fingerprint density at radius 1 is 1.37 bits per heavy atom. The van der Waals surface area contributed by atoms with Gasteiger partial charge in [0.05, 0.1) is 13.2 Å². The van der Waals surface area contributed by atoms with Crippen molar-refractivity contribution in [2.45, 2.75) is 12.5 Å². The van der Waals surface area contributed by atoms with Crippen molar-refractivity contribution in [3.63, 3.8) is 0 Å². The van der Waals surface area contributed by atoms with Crippen molar-refractivity contribution >= 4 is 11.9 Å². The summed E-state index contributed by atoms with van der Waals surface area (Å²) in [5, 5.41) is 6.25. The highest BCUT2D eigenvalue weighted by Crippen LogP contribution is 2.18. The fraction of sp³-hybridized carbons (Fsp3) is 0.727. The highest BCUT2D eigenvalue weighted by atomic mass is 16.5. The molecule has 2 fully saturated rings. The fourth-order valence-corrected chi connectivity index (χ4v) is 2.69. The molecule has 1 aromatic rings. The zero-order valence-corrected chi connectivity index (χ0v) is 10.7. The molecular formula is C11H18N6O2. The van der Waals surface area contributed by atoms with Gasteiger partial charge in [-0.1, -0.05) is 0 Å². The summed E-state index contributed by atoms with van der Waals surface area (Å²) in [6, 6.07) is 0.424. The Balaban J connectivity index is 1.60. The van der Waals surface area contributed by atoms with Crippen LogP contribution in [-0.4, -0.2) is 76.3 Å². The number of nitrogens with zero attached hydrogens (tertiary/aromatic N) is 4. The summed E-state index contributed by atoms with van der Waals surface area (Å²) in [7, 11) is 0. The van der Waals surface area contributed by atoms with Crippen LogP contribution in [0, 0.1) is 0 Å². The maximum absolute atomic E-state index is 12.2. The number of H-pyrrole nitrogens is 1. The Bertz CT molecular complexity index is 456. The van der Waals surface area contributed by atoms with Crippen molar-refractivity contribution in [2.75, 3.05) is 45.1 Å². The number of hydrogen-bond acceptors (Lipinski definition) is 6. The molecule has 0 saturated carbocycles. The Hall–Kier alpha value is -1.67. The zero-order valence-electron chi connectivity index (χ0n) is 10.7. The molecule has 8 nitrogen and oxygen atoms in total. The van der Waals surface area contributed by atoms with E-state index in [1.165, 1.54) is 0 Å². The van der Waals surface area contributed by atoms with Gasteiger partial charge >= 0.3 is 0 Å². The molecule has 2 saturated heterocycles. The van der Waals surface area contributed by atoms with Gasteiger partial charge in [-0.25, -0.2) is 0 Å². The fourth-order valence-electron chi connectivity index (χ4n) is 2.69. The van der Waals surface area contributed by atoms with E-state index in [9.17, 15) is 4.79 Å². The summed E-state index contributed by atoms with van der Waals surface area (Å²) in [4.78, 5) is 20.3. The summed E-state index contributed by atoms with van der Waals surface area (Å²) < 4.78 is 5.35. The number of aromatic amines is 1. The lowest BCUT2D eigenvalue weighted by Crippen LogP contribution is -2.45. The number of aromatic nitrogens is 3. The smallest absolute Gasteiger partial charge is 0.291 e. The van der Waals surface area contributed by atoms with Crippen LogP contribution in [-0.2, 0) is 4.74 Å². The lowest BCUT2D eigenvalue weighted by molar-refractivity contribution is 0.0184. The van der Waals surface area contributed by atoms with E-state index in [1.54, 1.807) is 4.90 Å². The Labute approximate surface area is 110 Å². The molecule has 8 heteroatoms. The van der Waals surface area contributed by atoms with Gasteiger partial charge in [-0.05, 0) is 6.42 Å². The molecule has 1 amide bonds. The quantitative estimate of drug-likeness (QED) is 0.707. The summed E-state index contributed by atoms with van der Waals surface area (Å²) >= 11 is 0. The molecule has 0 radical (unpaired) electrons. The number of carbonyl (C=O) groups excluding carboxylic acids is 1. The van der Waals surface area contributed by atoms with Crippen molar-refractivity contribution in [3.05, 3.63) is 5.82 Å². The van der Waals surface area contributed by atoms with Gasteiger partial charge in [-0.3, -0.25) is 14.8 Å². The molecular weight excluding hydrogens is 248 g/mol. The van der Waals surface area contributed by atoms with Gasteiger partial charge in [-0.15, -0.1) is 5.10 Å². The van der Waals surface area contributed by atoms with Crippen LogP contribution in [0.5, 0.6) is 0 Å². The van der Waals surface area contributed by atoms with E-state index < -0.39 is 0 Å². The van der Waals surface area contributed by atoms with Crippen molar-refractivity contribution in [2.24, 2.45) is 0 Å². The first kappa shape index (κ1) is 12.4. The zero-order chi connectivity index (χ0) is 13.2. The number of likely N-dealkylation sites (tertiary alicyclic amines) is 1. The van der Waals surface area contributed by atoms with Crippen molar-refractivity contribution in [1.29, 1.82) is 0 Å². The largest absolute Gasteiger partial charge is 0.379 e. The second-order valence-corrected chi connectivity index (χ2v) is 4.88. The van der Waals surface area contributed by atoms with Gasteiger partial charge in [0.25, 0.3) is 5.91 Å². The molecule has 19 heavy (non-hydrogen) atoms. The molecule has 3 heterocycles. The van der Waals surface area contributed by atoms with Gasteiger partial charge < -0.3 is 15.4 Å². The number of rotatable bonds is 2. The van der Waals surface area contributed by atoms with Crippen molar-refractivity contribution in [3.8, 4) is 0 Å². The van der Waals surface area contributed by atoms with Crippen LogP contribution in [0.15, 0.2) is 0 Å². The minimum atomic E-state index is -0.125. The Kier molecular flexibility index (Phi) is 3.34. The second-order valence-electron chi connectivity index (χ2n) is 4.88. The molecule has 1 aromatic heterocycles. The van der Waals surface area contributed by atoms with Crippen LogP contribution in [0.3, 0.4) is 0 Å². The number of carbonyl (C=O) groups is 1. The average Bonchev–Trinajstić information content (AvgIpc) is 3.08. The highest BCUT2D eigenvalue weighted by molar-refractivity contribution is 5.90. The van der Waals surface area contributed by atoms with Gasteiger partial charge in [0.2, 0.25) is 11.8 Å². The van der Waals surface area contributed by atoms with E-state index in [-0.39, 0.29) is 17.7 Å². The maximum Gasteiger partial charge on any atom is 0.291 e. The maximum atomic E-state index is 12.2. The molecule has 0 bridgehead atoms. The van der Waals surface area contributed by atoms with Gasteiger partial charge in [0.1, 0.15) is 0 Å². The molecule has 0 spiro atoms. The molecule has 0 aliphatic carbocycles. The second kappa shape index (κ2) is 5.14. The van der Waals surface area contributed by atoms with E-state index in [0.717, 1.165) is 45.8 Å². The standard InChI is InChI=1S/C11H18N6O2/c12-11-13-9(14-15-11)10(18)17-2-1-8(7-17)16-3-5-19-6-4-16/h8H,1-7H2,(H3,12,13,14,15). The first-order valence-corrected chi connectivity index (χ1v) is 6.53. The predicted molar refractivity (Wildman–Crippen MR) is 67.5 cm³/mol. The summed E-state index contributed by atoms with van der Waals surface area (Å²) in [5.74, 6) is 0.201. The lowest BCUT2D eigenvalue weighted by Gasteiger charge is -2.31. The van der Waals surface area contributed by atoms with Crippen LogP contribution in [0.25, 0.3) is 0 Å². The molecule has 2 aliphatic heterocycles. The first-order valence-electron chi connectivity index (χ1n) is 6.53. The number of ether oxygens (including phenoxy) is 1. The minimum Gasteiger partial charge on any atom is -0.379 e. The normalized spacial score (nSPS) is 24.8. The lowest BCUT2D eigenvalue weighted by atomic mass is 10.2. The third-order valence-corrected chi connectivity index (χ3v) is 3.72. The van der Waals surface area contributed by atoms with E-state index in [4.69, 9.17) is 10.5 Å². The number of nitrogens with two attached hydrogens (primary N) is 1. The Morgan fingerprint density at radius 3 is 2.84 bits per heavy atom. The van der Waals surface area contributed by atoms with E-state index in [0.29, 0.717) is 6.04 Å². The van der Waals surface area contributed by atoms with Crippen LogP contribution >= 0.6 is 0 Å². The van der Waals surface area contributed by atoms with E-state index >= 15 is 0 Å². The molecule has 1 unspecified atom stereocenters. The van der Waals surface area contributed by atoms with Crippen LogP contribution in [0.1, 0.15) is 17.0 Å². The molecule has 104 valence electrons. The molecule has 0 aromatic carbocycles. The molecule has 1 atom stereocenters. The molecule has 2 aliphatic rings. The van der Waals surface area contributed by atoms with Crippen molar-refractivity contribution in [1.82, 2.24) is 25.0 Å². The predicted octanol–water partition coefficient (Wildman–Crippen LogP) is -1.07.